The lowest BCUT2D eigenvalue weighted by atomic mass is 9.98. The van der Waals surface area contributed by atoms with Crippen molar-refractivity contribution >= 4 is 0 Å². The van der Waals surface area contributed by atoms with Crippen LogP contribution in [-0.4, -0.2) is 12.0 Å². The van der Waals surface area contributed by atoms with Crippen molar-refractivity contribution in [2.24, 2.45) is 0 Å². The molecule has 18 heavy (non-hydrogen) atoms. The van der Waals surface area contributed by atoms with E-state index in [9.17, 15) is 8.78 Å². The van der Waals surface area contributed by atoms with E-state index in [-0.39, 0.29) is 17.7 Å². The van der Waals surface area contributed by atoms with Crippen LogP contribution < -0.4 is 5.32 Å². The van der Waals surface area contributed by atoms with E-state index >= 15 is 0 Å². The summed E-state index contributed by atoms with van der Waals surface area (Å²) in [5.41, 5.74) is 1.89. The van der Waals surface area contributed by atoms with E-state index in [1.54, 1.807) is 32.3 Å². The largest absolute Gasteiger partial charge is 0.308 e. The van der Waals surface area contributed by atoms with Gasteiger partial charge in [0.2, 0.25) is 0 Å². The van der Waals surface area contributed by atoms with Crippen molar-refractivity contribution in [2.75, 3.05) is 7.05 Å². The maximum atomic E-state index is 13.7. The summed E-state index contributed by atoms with van der Waals surface area (Å²) in [6.07, 6.45) is 1.54. The summed E-state index contributed by atoms with van der Waals surface area (Å²) < 4.78 is 26.8. The lowest BCUT2D eigenvalue weighted by molar-refractivity contribution is 0.557. The van der Waals surface area contributed by atoms with Crippen LogP contribution in [0.2, 0.25) is 0 Å². The molecule has 1 aromatic heterocycles. The topological polar surface area (TPSA) is 24.9 Å². The summed E-state index contributed by atoms with van der Waals surface area (Å²) in [6, 6.07) is 6.98. The molecule has 0 spiro atoms. The van der Waals surface area contributed by atoms with Gasteiger partial charge in [-0.05, 0) is 49.4 Å². The Bertz CT molecular complexity index is 555. The van der Waals surface area contributed by atoms with Gasteiger partial charge in [0.25, 0.3) is 0 Å². The van der Waals surface area contributed by atoms with Gasteiger partial charge in [0.05, 0.1) is 11.7 Å². The quantitative estimate of drug-likeness (QED) is 0.903. The van der Waals surface area contributed by atoms with Gasteiger partial charge in [-0.15, -0.1) is 0 Å². The van der Waals surface area contributed by atoms with Crippen LogP contribution >= 0.6 is 0 Å². The first-order valence-electron chi connectivity index (χ1n) is 5.67. The second-order valence-corrected chi connectivity index (χ2v) is 4.09. The fourth-order valence-corrected chi connectivity index (χ4v) is 2.01. The predicted molar refractivity (Wildman–Crippen MR) is 66.2 cm³/mol. The molecule has 0 amide bonds. The molecular formula is C14H14F2N2. The van der Waals surface area contributed by atoms with Crippen LogP contribution in [0.25, 0.3) is 0 Å². The second kappa shape index (κ2) is 5.23. The lowest BCUT2D eigenvalue weighted by Gasteiger charge is -2.18. The molecule has 1 atom stereocenters. The summed E-state index contributed by atoms with van der Waals surface area (Å²) in [5, 5.41) is 3.01. The molecule has 0 bridgehead atoms. The third-order valence-electron chi connectivity index (χ3n) is 2.89. The molecule has 4 heteroatoms. The highest BCUT2D eigenvalue weighted by atomic mass is 19.1. The van der Waals surface area contributed by atoms with Crippen molar-refractivity contribution in [3.63, 3.8) is 0 Å². The number of halogens is 2. The summed E-state index contributed by atoms with van der Waals surface area (Å²) in [5.74, 6) is -0.673. The minimum atomic E-state index is -0.383. The van der Waals surface area contributed by atoms with Gasteiger partial charge in [-0.1, -0.05) is 6.07 Å². The van der Waals surface area contributed by atoms with E-state index in [4.69, 9.17) is 0 Å². The number of hydrogen-bond donors (Lipinski definition) is 1. The molecule has 0 saturated heterocycles. The van der Waals surface area contributed by atoms with E-state index in [0.29, 0.717) is 5.69 Å². The minimum Gasteiger partial charge on any atom is -0.308 e. The first kappa shape index (κ1) is 12.6. The Labute approximate surface area is 105 Å². The lowest BCUT2D eigenvalue weighted by Crippen LogP contribution is -2.21. The Morgan fingerprint density at radius 2 is 2.00 bits per heavy atom. The molecule has 2 rings (SSSR count). The summed E-state index contributed by atoms with van der Waals surface area (Å²) in [7, 11) is 1.72. The average molecular weight is 248 g/mol. The summed E-state index contributed by atoms with van der Waals surface area (Å²) in [6.45, 7) is 1.80. The van der Waals surface area contributed by atoms with Gasteiger partial charge in [-0.25, -0.2) is 8.78 Å². The molecule has 0 saturated carbocycles. The highest BCUT2D eigenvalue weighted by Crippen LogP contribution is 2.25. The highest BCUT2D eigenvalue weighted by Gasteiger charge is 2.19. The van der Waals surface area contributed by atoms with Gasteiger partial charge in [0, 0.05) is 6.20 Å². The SMILES string of the molecule is CNC(c1ccc(F)cc1C)c1ncccc1F. The van der Waals surface area contributed by atoms with E-state index in [1.165, 1.54) is 18.2 Å². The maximum Gasteiger partial charge on any atom is 0.146 e. The van der Waals surface area contributed by atoms with Crippen molar-refractivity contribution < 1.29 is 8.78 Å². The Balaban J connectivity index is 2.49. The van der Waals surface area contributed by atoms with Gasteiger partial charge in [0.1, 0.15) is 11.6 Å². The van der Waals surface area contributed by atoms with Crippen LogP contribution in [0.3, 0.4) is 0 Å². The predicted octanol–water partition coefficient (Wildman–Crippen LogP) is 2.98. The normalized spacial score (nSPS) is 12.4. The van der Waals surface area contributed by atoms with Crippen molar-refractivity contribution in [3.05, 3.63) is 65.0 Å². The second-order valence-electron chi connectivity index (χ2n) is 4.09. The van der Waals surface area contributed by atoms with Crippen LogP contribution in [0.5, 0.6) is 0 Å². The molecule has 0 fully saturated rings. The number of pyridine rings is 1. The molecule has 0 radical (unpaired) electrons. The number of hydrogen-bond acceptors (Lipinski definition) is 2. The van der Waals surface area contributed by atoms with Gasteiger partial charge in [0.15, 0.2) is 0 Å². The fraction of sp³-hybridized carbons (Fsp3) is 0.214. The first-order chi connectivity index (χ1) is 8.63. The van der Waals surface area contributed by atoms with E-state index < -0.39 is 0 Å². The van der Waals surface area contributed by atoms with E-state index in [1.807, 2.05) is 0 Å². The summed E-state index contributed by atoms with van der Waals surface area (Å²) in [4.78, 5) is 4.06. The Hall–Kier alpha value is -1.81. The third-order valence-corrected chi connectivity index (χ3v) is 2.89. The molecule has 1 unspecified atom stereocenters. The van der Waals surface area contributed by atoms with Crippen molar-refractivity contribution in [1.82, 2.24) is 10.3 Å². The number of nitrogens with zero attached hydrogens (tertiary/aromatic N) is 1. The van der Waals surface area contributed by atoms with Crippen molar-refractivity contribution in [3.8, 4) is 0 Å². The van der Waals surface area contributed by atoms with Crippen LogP contribution in [0.4, 0.5) is 8.78 Å². The minimum absolute atomic E-state index is 0.299. The zero-order chi connectivity index (χ0) is 13.1. The molecule has 0 aliphatic heterocycles. The molecule has 2 aromatic rings. The molecule has 2 nitrogen and oxygen atoms in total. The van der Waals surface area contributed by atoms with Gasteiger partial charge >= 0.3 is 0 Å². The van der Waals surface area contributed by atoms with Crippen LogP contribution in [0.15, 0.2) is 36.5 Å². The zero-order valence-electron chi connectivity index (χ0n) is 10.2. The monoisotopic (exact) mass is 248 g/mol. The Morgan fingerprint density at radius 1 is 1.22 bits per heavy atom. The fourth-order valence-electron chi connectivity index (χ4n) is 2.01. The molecule has 1 N–H and O–H groups in total. The molecule has 1 heterocycles. The summed E-state index contributed by atoms with van der Waals surface area (Å²) >= 11 is 0. The van der Waals surface area contributed by atoms with Gasteiger partial charge in [-0.3, -0.25) is 4.98 Å². The number of nitrogens with one attached hydrogen (secondary N) is 1. The molecule has 94 valence electrons. The third kappa shape index (κ3) is 2.38. The van der Waals surface area contributed by atoms with Gasteiger partial charge < -0.3 is 5.32 Å². The highest BCUT2D eigenvalue weighted by molar-refractivity contribution is 5.35. The smallest absolute Gasteiger partial charge is 0.146 e. The first-order valence-corrected chi connectivity index (χ1v) is 5.67. The van der Waals surface area contributed by atoms with Crippen molar-refractivity contribution in [1.29, 1.82) is 0 Å². The van der Waals surface area contributed by atoms with Crippen LogP contribution in [0, 0.1) is 18.6 Å². The molecule has 0 aliphatic rings. The number of aromatic nitrogens is 1. The van der Waals surface area contributed by atoms with E-state index in [2.05, 4.69) is 10.3 Å². The van der Waals surface area contributed by atoms with Gasteiger partial charge in [-0.2, -0.15) is 0 Å². The average Bonchev–Trinajstić information content (AvgIpc) is 2.34. The number of aryl methyl sites for hydroxylation is 1. The molecule has 0 aliphatic carbocycles. The van der Waals surface area contributed by atoms with Crippen molar-refractivity contribution in [2.45, 2.75) is 13.0 Å². The zero-order valence-corrected chi connectivity index (χ0v) is 10.2. The van der Waals surface area contributed by atoms with Crippen LogP contribution in [0.1, 0.15) is 22.9 Å². The molecular weight excluding hydrogens is 234 g/mol. The number of rotatable bonds is 3. The standard InChI is InChI=1S/C14H14F2N2/c1-9-8-10(15)5-6-11(9)13(17-2)14-12(16)4-3-7-18-14/h3-8,13,17H,1-2H3. The molecule has 1 aromatic carbocycles. The maximum absolute atomic E-state index is 13.7. The van der Waals surface area contributed by atoms with E-state index in [0.717, 1.165) is 11.1 Å². The number of benzene rings is 1. The Morgan fingerprint density at radius 3 is 2.61 bits per heavy atom. The van der Waals surface area contributed by atoms with Crippen LogP contribution in [-0.2, 0) is 0 Å². The Kier molecular flexibility index (Phi) is 3.67.